The third-order valence-electron chi connectivity index (χ3n) is 4.52. The third-order valence-corrected chi connectivity index (χ3v) is 4.77. The molecule has 6 nitrogen and oxygen atoms in total. The molecule has 7 heteroatoms. The predicted molar refractivity (Wildman–Crippen MR) is 107 cm³/mol. The number of nitrogens with zero attached hydrogens (tertiary/aromatic N) is 1. The SMILES string of the molecule is COCc1c(C(=O)O)ncc2[nH]c3ccc(OCc4ccc(Cl)cc4)cc3c12. The van der Waals surface area contributed by atoms with E-state index in [9.17, 15) is 9.90 Å². The molecule has 0 aliphatic rings. The monoisotopic (exact) mass is 396 g/mol. The Morgan fingerprint density at radius 3 is 2.64 bits per heavy atom. The van der Waals surface area contributed by atoms with Gasteiger partial charge in [-0.05, 0) is 35.9 Å². The molecule has 0 aliphatic heterocycles. The number of carboxylic acids is 1. The van der Waals surface area contributed by atoms with E-state index < -0.39 is 5.97 Å². The van der Waals surface area contributed by atoms with Gasteiger partial charge in [0, 0.05) is 34.0 Å². The van der Waals surface area contributed by atoms with Crippen molar-refractivity contribution in [1.29, 1.82) is 0 Å². The Kier molecular flexibility index (Phi) is 4.90. The second-order valence-electron chi connectivity index (χ2n) is 6.36. The fraction of sp³-hybridized carbons (Fsp3) is 0.143. The molecule has 142 valence electrons. The second kappa shape index (κ2) is 7.50. The van der Waals surface area contributed by atoms with Crippen LogP contribution in [0.1, 0.15) is 21.6 Å². The lowest BCUT2D eigenvalue weighted by Gasteiger charge is -2.08. The van der Waals surface area contributed by atoms with Gasteiger partial charge in [0.2, 0.25) is 0 Å². The standard InChI is InChI=1S/C21H17ClN2O4/c1-27-11-16-19-15-8-14(28-10-12-2-4-13(22)5-3-12)6-7-17(15)24-18(19)9-23-20(16)21(25)26/h2-9,24H,10-11H2,1H3,(H,25,26). The average molecular weight is 397 g/mol. The molecular weight excluding hydrogens is 380 g/mol. The number of methoxy groups -OCH3 is 1. The van der Waals surface area contributed by atoms with E-state index >= 15 is 0 Å². The van der Waals surface area contributed by atoms with Crippen molar-refractivity contribution in [2.24, 2.45) is 0 Å². The van der Waals surface area contributed by atoms with E-state index in [2.05, 4.69) is 9.97 Å². The van der Waals surface area contributed by atoms with E-state index in [1.54, 1.807) is 0 Å². The smallest absolute Gasteiger partial charge is 0.354 e. The quantitative estimate of drug-likeness (QED) is 0.489. The number of aromatic nitrogens is 2. The number of rotatable bonds is 6. The molecule has 0 bridgehead atoms. The van der Waals surface area contributed by atoms with Gasteiger partial charge in [-0.1, -0.05) is 23.7 Å². The molecule has 0 saturated carbocycles. The topological polar surface area (TPSA) is 84.4 Å². The van der Waals surface area contributed by atoms with Crippen LogP contribution in [-0.2, 0) is 18.0 Å². The summed E-state index contributed by atoms with van der Waals surface area (Å²) in [5.41, 5.74) is 3.15. The molecule has 4 rings (SSSR count). The molecule has 0 spiro atoms. The first-order valence-corrected chi connectivity index (χ1v) is 8.97. The van der Waals surface area contributed by atoms with E-state index in [1.807, 2.05) is 42.5 Å². The summed E-state index contributed by atoms with van der Waals surface area (Å²) in [4.78, 5) is 18.9. The summed E-state index contributed by atoms with van der Waals surface area (Å²) < 4.78 is 11.1. The number of fused-ring (bicyclic) bond motifs is 3. The first kappa shape index (κ1) is 18.3. The Labute approximate surface area is 165 Å². The number of ether oxygens (including phenoxy) is 2. The zero-order valence-electron chi connectivity index (χ0n) is 15.0. The van der Waals surface area contributed by atoms with Crippen LogP contribution in [0.15, 0.2) is 48.7 Å². The highest BCUT2D eigenvalue weighted by Crippen LogP contribution is 2.32. The van der Waals surface area contributed by atoms with Crippen molar-refractivity contribution in [1.82, 2.24) is 9.97 Å². The highest BCUT2D eigenvalue weighted by molar-refractivity contribution is 6.30. The molecule has 0 unspecified atom stereocenters. The van der Waals surface area contributed by atoms with Gasteiger partial charge >= 0.3 is 5.97 Å². The van der Waals surface area contributed by atoms with Crippen LogP contribution in [0.3, 0.4) is 0 Å². The minimum Gasteiger partial charge on any atom is -0.489 e. The third kappa shape index (κ3) is 3.40. The van der Waals surface area contributed by atoms with Crippen molar-refractivity contribution in [2.45, 2.75) is 13.2 Å². The van der Waals surface area contributed by atoms with Crippen molar-refractivity contribution >= 4 is 39.4 Å². The molecule has 2 heterocycles. The summed E-state index contributed by atoms with van der Waals surface area (Å²) in [6.07, 6.45) is 1.53. The maximum Gasteiger partial charge on any atom is 0.354 e. The van der Waals surface area contributed by atoms with Crippen LogP contribution in [0, 0.1) is 0 Å². The fourth-order valence-corrected chi connectivity index (χ4v) is 3.37. The zero-order valence-corrected chi connectivity index (χ0v) is 15.8. The van der Waals surface area contributed by atoms with Crippen LogP contribution < -0.4 is 4.74 Å². The lowest BCUT2D eigenvalue weighted by Crippen LogP contribution is -2.07. The van der Waals surface area contributed by atoms with Crippen LogP contribution in [0.2, 0.25) is 5.02 Å². The maximum atomic E-state index is 11.6. The fourth-order valence-electron chi connectivity index (χ4n) is 3.25. The summed E-state index contributed by atoms with van der Waals surface area (Å²) in [7, 11) is 1.53. The Morgan fingerprint density at radius 2 is 1.93 bits per heavy atom. The van der Waals surface area contributed by atoms with Gasteiger partial charge in [-0.15, -0.1) is 0 Å². The maximum absolute atomic E-state index is 11.6. The molecule has 0 saturated heterocycles. The highest BCUT2D eigenvalue weighted by Gasteiger charge is 2.19. The number of hydrogen-bond acceptors (Lipinski definition) is 4. The van der Waals surface area contributed by atoms with Crippen molar-refractivity contribution in [3.05, 3.63) is 70.5 Å². The number of hydrogen-bond donors (Lipinski definition) is 2. The summed E-state index contributed by atoms with van der Waals surface area (Å²) in [5, 5.41) is 11.8. The van der Waals surface area contributed by atoms with Crippen molar-refractivity contribution < 1.29 is 19.4 Å². The van der Waals surface area contributed by atoms with Crippen LogP contribution >= 0.6 is 11.6 Å². The lowest BCUT2D eigenvalue weighted by molar-refractivity contribution is 0.0685. The number of pyridine rings is 1. The van der Waals surface area contributed by atoms with E-state index in [0.29, 0.717) is 22.9 Å². The minimum absolute atomic E-state index is 0.0114. The van der Waals surface area contributed by atoms with Crippen molar-refractivity contribution in [3.8, 4) is 5.75 Å². The number of nitrogens with one attached hydrogen (secondary N) is 1. The van der Waals surface area contributed by atoms with Crippen molar-refractivity contribution in [2.75, 3.05) is 7.11 Å². The number of carboxylic acid groups (broad SMARTS) is 1. The number of aromatic amines is 1. The van der Waals surface area contributed by atoms with Crippen LogP contribution in [0.4, 0.5) is 0 Å². The molecule has 4 aromatic rings. The van der Waals surface area contributed by atoms with Crippen LogP contribution in [0.25, 0.3) is 21.8 Å². The first-order valence-electron chi connectivity index (χ1n) is 8.59. The summed E-state index contributed by atoms with van der Waals surface area (Å²) in [5.74, 6) is -0.404. The molecule has 28 heavy (non-hydrogen) atoms. The summed E-state index contributed by atoms with van der Waals surface area (Å²) in [6.45, 7) is 0.548. The largest absolute Gasteiger partial charge is 0.489 e. The Morgan fingerprint density at radius 1 is 1.14 bits per heavy atom. The molecule has 0 amide bonds. The lowest BCUT2D eigenvalue weighted by atomic mass is 10.1. The van der Waals surface area contributed by atoms with Gasteiger partial charge < -0.3 is 19.6 Å². The normalized spacial score (nSPS) is 11.2. The van der Waals surface area contributed by atoms with E-state index in [0.717, 1.165) is 27.4 Å². The first-order chi connectivity index (χ1) is 13.6. The number of halogens is 1. The number of carbonyl (C=O) groups is 1. The van der Waals surface area contributed by atoms with Crippen LogP contribution in [0.5, 0.6) is 5.75 Å². The molecule has 0 aliphatic carbocycles. The van der Waals surface area contributed by atoms with Gasteiger partial charge in [0.1, 0.15) is 12.4 Å². The molecule has 0 radical (unpaired) electrons. The molecule has 2 N–H and O–H groups in total. The minimum atomic E-state index is -1.08. The van der Waals surface area contributed by atoms with Gasteiger partial charge in [-0.25, -0.2) is 9.78 Å². The van der Waals surface area contributed by atoms with Gasteiger partial charge in [-0.2, -0.15) is 0 Å². The van der Waals surface area contributed by atoms with Gasteiger partial charge in [-0.3, -0.25) is 0 Å². The van der Waals surface area contributed by atoms with Gasteiger partial charge in [0.15, 0.2) is 5.69 Å². The van der Waals surface area contributed by atoms with E-state index in [4.69, 9.17) is 21.1 Å². The molecule has 0 fully saturated rings. The molecular formula is C21H17ClN2O4. The number of benzene rings is 2. The number of H-pyrrole nitrogens is 1. The second-order valence-corrected chi connectivity index (χ2v) is 6.80. The predicted octanol–water partition coefficient (Wildman–Crippen LogP) is 4.79. The molecule has 0 atom stereocenters. The summed E-state index contributed by atoms with van der Waals surface area (Å²) in [6, 6.07) is 13.1. The molecule has 2 aromatic heterocycles. The zero-order chi connectivity index (χ0) is 19.7. The highest BCUT2D eigenvalue weighted by atomic mass is 35.5. The van der Waals surface area contributed by atoms with Gasteiger partial charge in [0.25, 0.3) is 0 Å². The van der Waals surface area contributed by atoms with E-state index in [-0.39, 0.29) is 12.3 Å². The molecule has 2 aromatic carbocycles. The van der Waals surface area contributed by atoms with E-state index in [1.165, 1.54) is 13.3 Å². The van der Waals surface area contributed by atoms with Crippen molar-refractivity contribution in [3.63, 3.8) is 0 Å². The Balaban J connectivity index is 1.76. The van der Waals surface area contributed by atoms with Crippen LogP contribution in [-0.4, -0.2) is 28.2 Å². The average Bonchev–Trinajstić information content (AvgIpc) is 3.06. The van der Waals surface area contributed by atoms with Gasteiger partial charge in [0.05, 0.1) is 18.3 Å². The summed E-state index contributed by atoms with van der Waals surface area (Å²) >= 11 is 5.91. The number of aromatic carboxylic acids is 1. The Bertz CT molecular complexity index is 1170. The Hall–Kier alpha value is -3.09.